The minimum absolute atomic E-state index is 0.0111. The van der Waals surface area contributed by atoms with Gasteiger partial charge in [0.15, 0.2) is 0 Å². The van der Waals surface area contributed by atoms with Gasteiger partial charge in [-0.15, -0.1) is 0 Å². The molecule has 0 fully saturated rings. The Labute approximate surface area is 91.5 Å². The molecule has 0 aliphatic carbocycles. The minimum Gasteiger partial charge on any atom is -0.480 e. The highest BCUT2D eigenvalue weighted by atomic mass is 16.5. The van der Waals surface area contributed by atoms with Gasteiger partial charge in [-0.25, -0.2) is 9.78 Å². The zero-order valence-corrected chi connectivity index (χ0v) is 8.98. The molecule has 88 valence electrons. The number of anilines is 1. The summed E-state index contributed by atoms with van der Waals surface area (Å²) in [7, 11) is 1.40. The van der Waals surface area contributed by atoms with Gasteiger partial charge in [0, 0.05) is 13.2 Å². The Balaban J connectivity index is 2.84. The topological polar surface area (TPSA) is 104 Å². The molecule has 7 heteroatoms. The highest BCUT2D eigenvalue weighted by molar-refractivity contribution is 5.76. The van der Waals surface area contributed by atoms with Gasteiger partial charge >= 0.3 is 5.97 Å². The van der Waals surface area contributed by atoms with Crippen molar-refractivity contribution in [2.75, 3.05) is 19.0 Å². The van der Waals surface area contributed by atoms with Gasteiger partial charge < -0.3 is 20.1 Å². The van der Waals surface area contributed by atoms with E-state index in [4.69, 9.17) is 9.84 Å². The van der Waals surface area contributed by atoms with Crippen molar-refractivity contribution >= 4 is 11.8 Å². The van der Waals surface area contributed by atoms with Crippen LogP contribution >= 0.6 is 0 Å². The molecule has 1 unspecified atom stereocenters. The third kappa shape index (κ3) is 3.35. The summed E-state index contributed by atoms with van der Waals surface area (Å²) < 4.78 is 4.74. The molecule has 0 aliphatic heterocycles. The summed E-state index contributed by atoms with van der Waals surface area (Å²) in [4.78, 5) is 28.3. The molecular weight excluding hydrogens is 214 g/mol. The van der Waals surface area contributed by atoms with Gasteiger partial charge in [0.05, 0.1) is 6.61 Å². The summed E-state index contributed by atoms with van der Waals surface area (Å²) in [6, 6.07) is 0.261. The monoisotopic (exact) mass is 227 g/mol. The highest BCUT2D eigenvalue weighted by Crippen LogP contribution is 2.01. The lowest BCUT2D eigenvalue weighted by Crippen LogP contribution is -2.34. The van der Waals surface area contributed by atoms with Crippen LogP contribution in [0.3, 0.4) is 0 Å². The molecule has 7 nitrogen and oxygen atoms in total. The summed E-state index contributed by atoms with van der Waals surface area (Å²) in [6.07, 6.45) is 0. The number of rotatable bonds is 5. The maximum atomic E-state index is 11.1. The zero-order chi connectivity index (χ0) is 12.1. The Kier molecular flexibility index (Phi) is 4.01. The van der Waals surface area contributed by atoms with Crippen LogP contribution in [-0.2, 0) is 9.53 Å². The van der Waals surface area contributed by atoms with Crippen LogP contribution in [0, 0.1) is 6.92 Å². The maximum Gasteiger partial charge on any atom is 0.328 e. The molecule has 1 heterocycles. The van der Waals surface area contributed by atoms with Crippen molar-refractivity contribution in [2.45, 2.75) is 13.0 Å². The molecule has 0 saturated carbocycles. The van der Waals surface area contributed by atoms with Crippen LogP contribution in [-0.4, -0.2) is 40.8 Å². The number of aromatic amines is 1. The van der Waals surface area contributed by atoms with Crippen molar-refractivity contribution < 1.29 is 14.6 Å². The number of aliphatic carboxylic acids is 1. The van der Waals surface area contributed by atoms with Crippen LogP contribution in [0.2, 0.25) is 0 Å². The van der Waals surface area contributed by atoms with Gasteiger partial charge in [0.1, 0.15) is 17.7 Å². The largest absolute Gasteiger partial charge is 0.480 e. The number of methoxy groups -OCH3 is 1. The number of nitrogens with one attached hydrogen (secondary N) is 2. The molecule has 3 N–H and O–H groups in total. The Bertz CT molecular complexity index is 429. The molecule has 1 aromatic heterocycles. The summed E-state index contributed by atoms with van der Waals surface area (Å²) in [6.45, 7) is 1.60. The van der Waals surface area contributed by atoms with E-state index in [1.807, 2.05) is 0 Å². The van der Waals surface area contributed by atoms with E-state index in [1.165, 1.54) is 13.2 Å². The van der Waals surface area contributed by atoms with Crippen LogP contribution in [0.15, 0.2) is 10.9 Å². The highest BCUT2D eigenvalue weighted by Gasteiger charge is 2.17. The molecule has 0 saturated heterocycles. The fraction of sp³-hybridized carbons (Fsp3) is 0.444. The number of nitrogens with zero attached hydrogens (tertiary/aromatic N) is 1. The number of carboxylic acids is 1. The Morgan fingerprint density at radius 2 is 2.44 bits per heavy atom. The number of hydrogen-bond acceptors (Lipinski definition) is 5. The van der Waals surface area contributed by atoms with E-state index in [0.717, 1.165) is 0 Å². The Morgan fingerprint density at radius 3 is 2.94 bits per heavy atom. The molecule has 1 aromatic rings. The number of carboxylic acid groups (broad SMARTS) is 1. The van der Waals surface area contributed by atoms with E-state index >= 15 is 0 Å². The maximum absolute atomic E-state index is 11.1. The predicted molar refractivity (Wildman–Crippen MR) is 56.5 cm³/mol. The van der Waals surface area contributed by atoms with Crippen LogP contribution in [0.25, 0.3) is 0 Å². The molecule has 16 heavy (non-hydrogen) atoms. The quantitative estimate of drug-likeness (QED) is 0.631. The number of aromatic nitrogens is 2. The molecule has 0 aliphatic rings. The van der Waals surface area contributed by atoms with Crippen molar-refractivity contribution in [2.24, 2.45) is 0 Å². The normalized spacial score (nSPS) is 12.1. The van der Waals surface area contributed by atoms with Crippen LogP contribution in [0.5, 0.6) is 0 Å². The third-order valence-electron chi connectivity index (χ3n) is 1.81. The molecule has 1 rings (SSSR count). The van der Waals surface area contributed by atoms with E-state index < -0.39 is 12.0 Å². The smallest absolute Gasteiger partial charge is 0.328 e. The molecule has 1 atom stereocenters. The van der Waals surface area contributed by atoms with Crippen LogP contribution in [0.4, 0.5) is 5.82 Å². The third-order valence-corrected chi connectivity index (χ3v) is 1.81. The molecular formula is C9H13N3O4. The fourth-order valence-electron chi connectivity index (χ4n) is 1.17. The molecule has 0 bridgehead atoms. The van der Waals surface area contributed by atoms with Gasteiger partial charge in [-0.3, -0.25) is 4.79 Å². The average molecular weight is 227 g/mol. The second-order valence-corrected chi connectivity index (χ2v) is 3.21. The molecule has 0 radical (unpaired) electrons. The van der Waals surface area contributed by atoms with Gasteiger partial charge in [-0.2, -0.15) is 0 Å². The van der Waals surface area contributed by atoms with E-state index in [-0.39, 0.29) is 18.0 Å². The number of aryl methyl sites for hydroxylation is 1. The number of carbonyl (C=O) groups is 1. The lowest BCUT2D eigenvalue weighted by Gasteiger charge is -2.13. The molecule has 0 amide bonds. The fourth-order valence-corrected chi connectivity index (χ4v) is 1.17. The van der Waals surface area contributed by atoms with E-state index in [2.05, 4.69) is 15.3 Å². The summed E-state index contributed by atoms with van der Waals surface area (Å²) >= 11 is 0. The number of hydrogen-bond donors (Lipinski definition) is 3. The van der Waals surface area contributed by atoms with Gasteiger partial charge in [0.2, 0.25) is 0 Å². The summed E-state index contributed by atoms with van der Waals surface area (Å²) in [5, 5.41) is 11.5. The number of H-pyrrole nitrogens is 1. The van der Waals surface area contributed by atoms with Crippen molar-refractivity contribution in [1.82, 2.24) is 9.97 Å². The first-order valence-corrected chi connectivity index (χ1v) is 4.59. The van der Waals surface area contributed by atoms with Gasteiger partial charge in [-0.05, 0) is 6.92 Å². The van der Waals surface area contributed by atoms with Crippen LogP contribution in [0.1, 0.15) is 5.82 Å². The van der Waals surface area contributed by atoms with Crippen molar-refractivity contribution in [3.8, 4) is 0 Å². The summed E-state index contributed by atoms with van der Waals surface area (Å²) in [5.74, 6) is -0.441. The Hall–Kier alpha value is -1.89. The standard InChI is InChI=1S/C9H13N3O4/c1-5-10-7(3-8(13)11-5)12-6(4-16-2)9(14)15/h3,6H,4H2,1-2H3,(H,14,15)(H2,10,11,12,13). The molecule has 0 aromatic carbocycles. The molecule has 0 spiro atoms. The van der Waals surface area contributed by atoms with E-state index in [1.54, 1.807) is 6.92 Å². The second-order valence-electron chi connectivity index (χ2n) is 3.21. The van der Waals surface area contributed by atoms with Crippen LogP contribution < -0.4 is 10.9 Å². The SMILES string of the molecule is COCC(Nc1cc(=O)[nH]c(C)n1)C(=O)O. The lowest BCUT2D eigenvalue weighted by atomic mass is 10.3. The average Bonchev–Trinajstić information content (AvgIpc) is 2.15. The lowest BCUT2D eigenvalue weighted by molar-refractivity contribution is -0.139. The minimum atomic E-state index is -1.07. The van der Waals surface area contributed by atoms with Crippen molar-refractivity contribution in [3.63, 3.8) is 0 Å². The van der Waals surface area contributed by atoms with Crippen molar-refractivity contribution in [1.29, 1.82) is 0 Å². The summed E-state index contributed by atoms with van der Waals surface area (Å²) in [5.41, 5.74) is -0.337. The van der Waals surface area contributed by atoms with E-state index in [9.17, 15) is 9.59 Å². The van der Waals surface area contributed by atoms with Gasteiger partial charge in [0.25, 0.3) is 5.56 Å². The van der Waals surface area contributed by atoms with Crippen molar-refractivity contribution in [3.05, 3.63) is 22.2 Å². The number of ether oxygens (including phenoxy) is 1. The predicted octanol–water partition coefficient (Wildman–Crippen LogP) is -0.410. The van der Waals surface area contributed by atoms with Gasteiger partial charge in [-0.1, -0.05) is 0 Å². The first-order valence-electron chi connectivity index (χ1n) is 4.59. The zero-order valence-electron chi connectivity index (χ0n) is 8.98. The first-order chi connectivity index (χ1) is 7.52. The van der Waals surface area contributed by atoms with E-state index in [0.29, 0.717) is 5.82 Å². The first kappa shape index (κ1) is 12.2. The second kappa shape index (κ2) is 5.26. The Morgan fingerprint density at radius 1 is 1.75 bits per heavy atom.